The number of nitrogens with zero attached hydrogens (tertiary/aromatic N) is 1. The number of carbonyl (C=O) groups is 1. The quantitative estimate of drug-likeness (QED) is 0.686. The molecule has 1 amide bonds. The zero-order valence-corrected chi connectivity index (χ0v) is 6.75. The van der Waals surface area contributed by atoms with Gasteiger partial charge in [0.25, 0.3) is 0 Å². The molecule has 0 aromatic heterocycles. The molecule has 0 saturated heterocycles. The average molecular weight is 178 g/mol. The molecule has 1 aliphatic rings. The van der Waals surface area contributed by atoms with Crippen molar-refractivity contribution in [1.82, 2.24) is 5.43 Å². The van der Waals surface area contributed by atoms with Gasteiger partial charge in [-0.3, -0.25) is 4.79 Å². The van der Waals surface area contributed by atoms with Crippen LogP contribution in [-0.4, -0.2) is 11.6 Å². The third kappa shape index (κ3) is 1.56. The molecule has 0 atom stereocenters. The average Bonchev–Trinajstić information content (AvgIpc) is 2.52. The van der Waals surface area contributed by atoms with Gasteiger partial charge in [-0.15, -0.1) is 0 Å². The minimum absolute atomic E-state index is 0.153. The van der Waals surface area contributed by atoms with E-state index in [2.05, 4.69) is 10.5 Å². The molecule has 1 N–H and O–H groups in total. The lowest BCUT2D eigenvalue weighted by Gasteiger charge is -1.96. The molecule has 1 aliphatic heterocycles. The summed E-state index contributed by atoms with van der Waals surface area (Å²) in [5.74, 6) is -0.473. The largest absolute Gasteiger partial charge is 0.273 e. The maximum atomic E-state index is 12.8. The van der Waals surface area contributed by atoms with E-state index in [0.717, 1.165) is 0 Å². The SMILES string of the molecule is O=C1CC(c2cccc(F)c2)=NN1. The minimum Gasteiger partial charge on any atom is -0.273 e. The van der Waals surface area contributed by atoms with Crippen LogP contribution in [0.2, 0.25) is 0 Å². The van der Waals surface area contributed by atoms with Crippen LogP contribution in [0.25, 0.3) is 0 Å². The first-order valence-corrected chi connectivity index (χ1v) is 3.87. The summed E-state index contributed by atoms with van der Waals surface area (Å²) in [6, 6.07) is 6.03. The molecule has 13 heavy (non-hydrogen) atoms. The second kappa shape index (κ2) is 2.97. The fourth-order valence-electron chi connectivity index (χ4n) is 1.20. The van der Waals surface area contributed by atoms with Gasteiger partial charge in [0.15, 0.2) is 0 Å². The predicted octanol–water partition coefficient (Wildman–Crippen LogP) is 1.05. The Morgan fingerprint density at radius 1 is 1.46 bits per heavy atom. The number of carbonyl (C=O) groups excluding carboxylic acids is 1. The third-order valence-corrected chi connectivity index (χ3v) is 1.80. The Morgan fingerprint density at radius 2 is 2.31 bits per heavy atom. The standard InChI is InChI=1S/C9H7FN2O/c10-7-3-1-2-6(4-7)8-5-9(13)12-11-8/h1-4H,5H2,(H,12,13). The minimum atomic E-state index is -0.320. The summed E-state index contributed by atoms with van der Waals surface area (Å²) >= 11 is 0. The van der Waals surface area contributed by atoms with Crippen molar-refractivity contribution in [2.24, 2.45) is 5.10 Å². The van der Waals surface area contributed by atoms with E-state index in [4.69, 9.17) is 0 Å². The molecule has 1 heterocycles. The molecule has 4 heteroatoms. The Hall–Kier alpha value is -1.71. The number of hydrogen-bond acceptors (Lipinski definition) is 2. The van der Waals surface area contributed by atoms with E-state index in [-0.39, 0.29) is 18.1 Å². The Morgan fingerprint density at radius 3 is 2.92 bits per heavy atom. The molecule has 3 nitrogen and oxygen atoms in total. The summed E-state index contributed by atoms with van der Waals surface area (Å²) in [4.78, 5) is 10.8. The summed E-state index contributed by atoms with van der Waals surface area (Å²) in [7, 11) is 0. The molecule has 0 fully saturated rings. The van der Waals surface area contributed by atoms with Crippen LogP contribution in [0.3, 0.4) is 0 Å². The smallest absolute Gasteiger partial charge is 0.246 e. The first-order chi connectivity index (χ1) is 6.25. The summed E-state index contributed by atoms with van der Waals surface area (Å²) in [6.07, 6.45) is 0.226. The molecule has 0 spiro atoms. The lowest BCUT2D eigenvalue weighted by molar-refractivity contribution is -0.119. The van der Waals surface area contributed by atoms with Crippen LogP contribution < -0.4 is 5.43 Å². The highest BCUT2D eigenvalue weighted by Gasteiger charge is 2.15. The van der Waals surface area contributed by atoms with Crippen molar-refractivity contribution in [2.45, 2.75) is 6.42 Å². The van der Waals surface area contributed by atoms with E-state index in [0.29, 0.717) is 11.3 Å². The van der Waals surface area contributed by atoms with Gasteiger partial charge in [0.05, 0.1) is 12.1 Å². The van der Waals surface area contributed by atoms with Crippen molar-refractivity contribution in [3.05, 3.63) is 35.6 Å². The highest BCUT2D eigenvalue weighted by Crippen LogP contribution is 2.09. The summed E-state index contributed by atoms with van der Waals surface area (Å²) < 4.78 is 12.8. The first kappa shape index (κ1) is 7.91. The van der Waals surface area contributed by atoms with Crippen LogP contribution in [0, 0.1) is 5.82 Å². The Labute approximate surface area is 74.3 Å². The molecule has 1 aromatic rings. The van der Waals surface area contributed by atoms with Crippen LogP contribution >= 0.6 is 0 Å². The Balaban J connectivity index is 2.31. The first-order valence-electron chi connectivity index (χ1n) is 3.87. The van der Waals surface area contributed by atoms with Crippen LogP contribution in [-0.2, 0) is 4.79 Å². The number of benzene rings is 1. The van der Waals surface area contributed by atoms with E-state index in [1.165, 1.54) is 12.1 Å². The van der Waals surface area contributed by atoms with Gasteiger partial charge < -0.3 is 0 Å². The third-order valence-electron chi connectivity index (χ3n) is 1.80. The van der Waals surface area contributed by atoms with E-state index in [9.17, 15) is 9.18 Å². The second-order valence-electron chi connectivity index (χ2n) is 2.78. The maximum absolute atomic E-state index is 12.8. The number of halogens is 1. The molecule has 2 rings (SSSR count). The fraction of sp³-hybridized carbons (Fsp3) is 0.111. The van der Waals surface area contributed by atoms with Gasteiger partial charge in [-0.05, 0) is 12.1 Å². The maximum Gasteiger partial charge on any atom is 0.246 e. The number of hydrazone groups is 1. The Bertz CT molecular complexity index is 387. The summed E-state index contributed by atoms with van der Waals surface area (Å²) in [5.41, 5.74) is 3.55. The summed E-state index contributed by atoms with van der Waals surface area (Å²) in [6.45, 7) is 0. The van der Waals surface area contributed by atoms with E-state index < -0.39 is 0 Å². The van der Waals surface area contributed by atoms with E-state index >= 15 is 0 Å². The van der Waals surface area contributed by atoms with Gasteiger partial charge in [0.1, 0.15) is 5.82 Å². The zero-order valence-electron chi connectivity index (χ0n) is 6.75. The molecule has 0 unspecified atom stereocenters. The lowest BCUT2D eigenvalue weighted by atomic mass is 10.1. The molecule has 66 valence electrons. The van der Waals surface area contributed by atoms with Crippen molar-refractivity contribution in [1.29, 1.82) is 0 Å². The molecular formula is C9H7FN2O. The number of nitrogens with one attached hydrogen (secondary N) is 1. The normalized spacial score (nSPS) is 15.5. The van der Waals surface area contributed by atoms with Crippen LogP contribution in [0.5, 0.6) is 0 Å². The zero-order chi connectivity index (χ0) is 9.26. The van der Waals surface area contributed by atoms with Crippen molar-refractivity contribution in [2.75, 3.05) is 0 Å². The van der Waals surface area contributed by atoms with Gasteiger partial charge >= 0.3 is 0 Å². The molecule has 1 aromatic carbocycles. The molecule has 0 bridgehead atoms. The number of rotatable bonds is 1. The number of hydrogen-bond donors (Lipinski definition) is 1. The molecule has 0 saturated carbocycles. The lowest BCUT2D eigenvalue weighted by Crippen LogP contribution is -2.09. The van der Waals surface area contributed by atoms with Crippen LogP contribution in [0.1, 0.15) is 12.0 Å². The van der Waals surface area contributed by atoms with Gasteiger partial charge in [-0.2, -0.15) is 5.10 Å². The van der Waals surface area contributed by atoms with Crippen molar-refractivity contribution in [3.8, 4) is 0 Å². The van der Waals surface area contributed by atoms with E-state index in [1.54, 1.807) is 12.1 Å². The molecule has 0 aliphatic carbocycles. The highest BCUT2D eigenvalue weighted by atomic mass is 19.1. The topological polar surface area (TPSA) is 41.5 Å². The van der Waals surface area contributed by atoms with Crippen molar-refractivity contribution >= 4 is 11.6 Å². The Kier molecular flexibility index (Phi) is 1.81. The fourth-order valence-corrected chi connectivity index (χ4v) is 1.20. The predicted molar refractivity (Wildman–Crippen MR) is 45.7 cm³/mol. The van der Waals surface area contributed by atoms with Crippen LogP contribution in [0.4, 0.5) is 4.39 Å². The van der Waals surface area contributed by atoms with Crippen molar-refractivity contribution < 1.29 is 9.18 Å². The van der Waals surface area contributed by atoms with E-state index in [1.807, 2.05) is 0 Å². The molecular weight excluding hydrogens is 171 g/mol. The number of amides is 1. The van der Waals surface area contributed by atoms with Crippen LogP contribution in [0.15, 0.2) is 29.4 Å². The van der Waals surface area contributed by atoms with Gasteiger partial charge in [-0.25, -0.2) is 9.82 Å². The molecule has 0 radical (unpaired) electrons. The monoisotopic (exact) mass is 178 g/mol. The second-order valence-corrected chi connectivity index (χ2v) is 2.78. The van der Waals surface area contributed by atoms with Gasteiger partial charge in [0, 0.05) is 5.56 Å². The summed E-state index contributed by atoms with van der Waals surface area (Å²) in [5, 5.41) is 3.78. The van der Waals surface area contributed by atoms with Gasteiger partial charge in [0.2, 0.25) is 5.91 Å². The van der Waals surface area contributed by atoms with Gasteiger partial charge in [-0.1, -0.05) is 12.1 Å². The highest BCUT2D eigenvalue weighted by molar-refractivity contribution is 6.13. The van der Waals surface area contributed by atoms with Crippen molar-refractivity contribution in [3.63, 3.8) is 0 Å².